The van der Waals surface area contributed by atoms with Crippen LogP contribution in [0.3, 0.4) is 0 Å². The quantitative estimate of drug-likeness (QED) is 0.583. The molecule has 1 fully saturated rings. The van der Waals surface area contributed by atoms with Gasteiger partial charge in [-0.2, -0.15) is 0 Å². The van der Waals surface area contributed by atoms with Gasteiger partial charge in [0.2, 0.25) is 0 Å². The lowest BCUT2D eigenvalue weighted by atomic mass is 9.83. The van der Waals surface area contributed by atoms with Gasteiger partial charge in [-0.1, -0.05) is 58.4 Å². The monoisotopic (exact) mass is 324 g/mol. The van der Waals surface area contributed by atoms with Crippen LogP contribution in [0.15, 0.2) is 36.4 Å². The van der Waals surface area contributed by atoms with E-state index in [4.69, 9.17) is 9.47 Å². The number of benzene rings is 1. The standard InChI is InChI=1S/C16H21BrO2/c17-13-16(8-11-18-12-9-16)14-19-10-4-7-15-5-2-1-3-6-15/h1-7H,8-14H2. The Kier molecular flexibility index (Phi) is 6.08. The summed E-state index contributed by atoms with van der Waals surface area (Å²) in [6.45, 7) is 3.19. The van der Waals surface area contributed by atoms with Gasteiger partial charge in [0.1, 0.15) is 0 Å². The van der Waals surface area contributed by atoms with Crippen LogP contribution < -0.4 is 0 Å². The van der Waals surface area contributed by atoms with Gasteiger partial charge in [0, 0.05) is 24.0 Å². The van der Waals surface area contributed by atoms with Crippen molar-refractivity contribution in [2.75, 3.05) is 31.8 Å². The van der Waals surface area contributed by atoms with Crippen LogP contribution >= 0.6 is 15.9 Å². The molecule has 1 heterocycles. The molecule has 19 heavy (non-hydrogen) atoms. The van der Waals surface area contributed by atoms with Gasteiger partial charge in [-0.3, -0.25) is 0 Å². The lowest BCUT2D eigenvalue weighted by molar-refractivity contribution is -0.0208. The van der Waals surface area contributed by atoms with Crippen molar-refractivity contribution in [2.45, 2.75) is 12.8 Å². The number of hydrogen-bond donors (Lipinski definition) is 0. The Morgan fingerprint density at radius 3 is 2.63 bits per heavy atom. The second-order valence-corrected chi connectivity index (χ2v) is 5.63. The second-order valence-electron chi connectivity index (χ2n) is 5.07. The number of halogens is 1. The van der Waals surface area contributed by atoms with Crippen molar-refractivity contribution in [1.29, 1.82) is 0 Å². The minimum absolute atomic E-state index is 0.263. The van der Waals surface area contributed by atoms with E-state index >= 15 is 0 Å². The molecule has 0 bridgehead atoms. The summed E-state index contributed by atoms with van der Waals surface area (Å²) in [6.07, 6.45) is 6.35. The molecule has 0 atom stereocenters. The van der Waals surface area contributed by atoms with Crippen LogP contribution in [-0.4, -0.2) is 31.8 Å². The van der Waals surface area contributed by atoms with E-state index < -0.39 is 0 Å². The van der Waals surface area contributed by atoms with E-state index in [0.717, 1.165) is 38.0 Å². The topological polar surface area (TPSA) is 18.5 Å². The summed E-state index contributed by atoms with van der Waals surface area (Å²) in [5.74, 6) is 0. The van der Waals surface area contributed by atoms with Crippen molar-refractivity contribution in [1.82, 2.24) is 0 Å². The predicted octanol–water partition coefficient (Wildman–Crippen LogP) is 3.91. The predicted molar refractivity (Wildman–Crippen MR) is 82.6 cm³/mol. The maximum absolute atomic E-state index is 5.82. The van der Waals surface area contributed by atoms with E-state index in [1.54, 1.807) is 0 Å². The Morgan fingerprint density at radius 1 is 1.21 bits per heavy atom. The summed E-state index contributed by atoms with van der Waals surface area (Å²) in [5.41, 5.74) is 1.48. The Hall–Kier alpha value is -0.640. The van der Waals surface area contributed by atoms with Crippen LogP contribution in [0.5, 0.6) is 0 Å². The average molecular weight is 325 g/mol. The third-order valence-corrected chi connectivity index (χ3v) is 4.76. The lowest BCUT2D eigenvalue weighted by Gasteiger charge is -2.35. The van der Waals surface area contributed by atoms with Crippen molar-refractivity contribution in [3.8, 4) is 0 Å². The van der Waals surface area contributed by atoms with Gasteiger partial charge < -0.3 is 9.47 Å². The highest BCUT2D eigenvalue weighted by atomic mass is 79.9. The molecule has 0 spiro atoms. The molecule has 1 aromatic rings. The van der Waals surface area contributed by atoms with Crippen LogP contribution in [0.2, 0.25) is 0 Å². The number of alkyl halides is 1. The zero-order valence-electron chi connectivity index (χ0n) is 11.2. The normalized spacial score (nSPS) is 18.8. The molecule has 1 aromatic carbocycles. The molecule has 0 N–H and O–H groups in total. The van der Waals surface area contributed by atoms with E-state index in [0.29, 0.717) is 6.61 Å². The second kappa shape index (κ2) is 7.83. The van der Waals surface area contributed by atoms with Gasteiger partial charge in [0.15, 0.2) is 0 Å². The average Bonchev–Trinajstić information content (AvgIpc) is 2.49. The van der Waals surface area contributed by atoms with Gasteiger partial charge in [0.05, 0.1) is 13.2 Å². The molecule has 2 rings (SSSR count). The number of ether oxygens (including phenoxy) is 2. The van der Waals surface area contributed by atoms with E-state index in [9.17, 15) is 0 Å². The van der Waals surface area contributed by atoms with Crippen molar-refractivity contribution < 1.29 is 9.47 Å². The van der Waals surface area contributed by atoms with E-state index in [1.165, 1.54) is 5.56 Å². The summed E-state index contributed by atoms with van der Waals surface area (Å²) in [5, 5.41) is 0.992. The minimum atomic E-state index is 0.263. The first-order valence-electron chi connectivity index (χ1n) is 6.78. The molecule has 0 unspecified atom stereocenters. The highest BCUT2D eigenvalue weighted by Crippen LogP contribution is 2.32. The van der Waals surface area contributed by atoms with Gasteiger partial charge in [0.25, 0.3) is 0 Å². The van der Waals surface area contributed by atoms with Gasteiger partial charge in [-0.25, -0.2) is 0 Å². The van der Waals surface area contributed by atoms with Crippen LogP contribution in [0.25, 0.3) is 6.08 Å². The fourth-order valence-electron chi connectivity index (χ4n) is 2.21. The molecule has 1 saturated heterocycles. The molecule has 1 aliphatic rings. The molecular formula is C16H21BrO2. The highest BCUT2D eigenvalue weighted by molar-refractivity contribution is 9.09. The Bertz CT molecular complexity index is 383. The fraction of sp³-hybridized carbons (Fsp3) is 0.500. The molecular weight excluding hydrogens is 304 g/mol. The van der Waals surface area contributed by atoms with Gasteiger partial charge >= 0.3 is 0 Å². The molecule has 104 valence electrons. The molecule has 1 aliphatic heterocycles. The van der Waals surface area contributed by atoms with Crippen molar-refractivity contribution in [3.05, 3.63) is 42.0 Å². The van der Waals surface area contributed by atoms with Gasteiger partial charge in [-0.15, -0.1) is 0 Å². The highest BCUT2D eigenvalue weighted by Gasteiger charge is 2.31. The summed E-state index contributed by atoms with van der Waals surface area (Å²) >= 11 is 3.62. The maximum Gasteiger partial charge on any atom is 0.0650 e. The van der Waals surface area contributed by atoms with E-state index in [2.05, 4.69) is 40.2 Å². The minimum Gasteiger partial charge on any atom is -0.381 e. The molecule has 2 nitrogen and oxygen atoms in total. The summed E-state index contributed by atoms with van der Waals surface area (Å²) in [7, 11) is 0. The van der Waals surface area contributed by atoms with Crippen LogP contribution in [0.4, 0.5) is 0 Å². The first-order valence-corrected chi connectivity index (χ1v) is 7.90. The Labute approximate surface area is 123 Å². The van der Waals surface area contributed by atoms with E-state index in [1.807, 2.05) is 18.2 Å². The first kappa shape index (κ1) is 14.8. The van der Waals surface area contributed by atoms with Crippen molar-refractivity contribution >= 4 is 22.0 Å². The summed E-state index contributed by atoms with van der Waals surface area (Å²) in [4.78, 5) is 0. The largest absolute Gasteiger partial charge is 0.381 e. The van der Waals surface area contributed by atoms with Crippen LogP contribution in [0, 0.1) is 5.41 Å². The summed E-state index contributed by atoms with van der Waals surface area (Å²) in [6, 6.07) is 10.3. The Morgan fingerprint density at radius 2 is 1.95 bits per heavy atom. The lowest BCUT2D eigenvalue weighted by Crippen LogP contribution is -2.35. The third kappa shape index (κ3) is 4.75. The summed E-state index contributed by atoms with van der Waals surface area (Å²) < 4.78 is 11.2. The van der Waals surface area contributed by atoms with Crippen molar-refractivity contribution in [2.24, 2.45) is 5.41 Å². The zero-order chi connectivity index (χ0) is 13.4. The Balaban J connectivity index is 1.72. The molecule has 3 heteroatoms. The van der Waals surface area contributed by atoms with Crippen LogP contribution in [-0.2, 0) is 9.47 Å². The molecule has 0 aromatic heterocycles. The third-order valence-electron chi connectivity index (χ3n) is 3.57. The zero-order valence-corrected chi connectivity index (χ0v) is 12.8. The first-order chi connectivity index (χ1) is 9.35. The molecule has 0 radical (unpaired) electrons. The van der Waals surface area contributed by atoms with Crippen molar-refractivity contribution in [3.63, 3.8) is 0 Å². The maximum atomic E-state index is 5.82. The smallest absolute Gasteiger partial charge is 0.0650 e. The van der Waals surface area contributed by atoms with Gasteiger partial charge in [-0.05, 0) is 18.4 Å². The van der Waals surface area contributed by atoms with Crippen LogP contribution in [0.1, 0.15) is 18.4 Å². The SMILES string of the molecule is BrCC1(COCC=Cc2ccccc2)CCOCC1. The molecule has 0 amide bonds. The van der Waals surface area contributed by atoms with E-state index in [-0.39, 0.29) is 5.41 Å². The fourth-order valence-corrected chi connectivity index (χ4v) is 2.94. The number of hydrogen-bond acceptors (Lipinski definition) is 2. The molecule has 0 saturated carbocycles. The molecule has 0 aliphatic carbocycles. The number of rotatable bonds is 6.